The molecule has 1 heterocycles. The quantitative estimate of drug-likeness (QED) is 0.0841. The van der Waals surface area contributed by atoms with Crippen molar-refractivity contribution in [2.75, 3.05) is 5.43 Å². The number of nitro benzene ring substituents is 2. The van der Waals surface area contributed by atoms with E-state index < -0.39 is 29.0 Å². The minimum absolute atomic E-state index is 0.0418. The predicted octanol–water partition coefficient (Wildman–Crippen LogP) is 3.19. The van der Waals surface area contributed by atoms with Gasteiger partial charge >= 0.3 is 0 Å². The molecule has 0 bridgehead atoms. The Hall–Kier alpha value is -6.06. The van der Waals surface area contributed by atoms with Crippen LogP contribution in [0.15, 0.2) is 84.1 Å². The summed E-state index contributed by atoms with van der Waals surface area (Å²) in [6.07, 6.45) is 2.85. The maximum atomic E-state index is 12.5. The van der Waals surface area contributed by atoms with Gasteiger partial charge < -0.3 is 20.8 Å². The van der Waals surface area contributed by atoms with Gasteiger partial charge in [-0.2, -0.15) is 5.10 Å². The molecule has 2 amide bonds. The number of hydrazone groups is 1. The average molecular weight is 614 g/mol. The van der Waals surface area contributed by atoms with E-state index in [-0.39, 0.29) is 47.1 Å². The molecule has 230 valence electrons. The van der Waals surface area contributed by atoms with Crippen LogP contribution in [0.25, 0.3) is 0 Å². The molecule has 1 aromatic heterocycles. The van der Waals surface area contributed by atoms with Gasteiger partial charge in [-0.1, -0.05) is 24.3 Å². The Morgan fingerprint density at radius 1 is 0.756 bits per heavy atom. The first kappa shape index (κ1) is 31.9. The Bertz CT molecular complexity index is 1740. The highest BCUT2D eigenvalue weighted by molar-refractivity contribution is 5.95. The van der Waals surface area contributed by atoms with Crippen molar-refractivity contribution in [1.82, 2.24) is 15.6 Å². The third-order valence-corrected chi connectivity index (χ3v) is 6.53. The number of nitrogens with one attached hydrogen (secondary N) is 3. The Balaban J connectivity index is 1.26. The number of rotatable bonds is 13. The van der Waals surface area contributed by atoms with Crippen molar-refractivity contribution < 1.29 is 29.6 Å². The van der Waals surface area contributed by atoms with Crippen LogP contribution in [0, 0.1) is 20.2 Å². The van der Waals surface area contributed by atoms with E-state index >= 15 is 0 Å². The summed E-state index contributed by atoms with van der Waals surface area (Å²) in [5.74, 6) is -0.447. The number of carbonyl (C=O) groups excluding carboxylic acids is 2. The lowest BCUT2D eigenvalue weighted by molar-refractivity contribution is -0.386. The van der Waals surface area contributed by atoms with Gasteiger partial charge in [-0.05, 0) is 53.1 Å². The molecular weight excluding hydrogens is 586 g/mol. The summed E-state index contributed by atoms with van der Waals surface area (Å²) < 4.78 is 0. The first-order chi connectivity index (χ1) is 21.7. The van der Waals surface area contributed by atoms with E-state index in [9.17, 15) is 40.0 Å². The first-order valence-electron chi connectivity index (χ1n) is 13.3. The number of aliphatic hydroxyl groups is 2. The van der Waals surface area contributed by atoms with Crippen LogP contribution in [0.1, 0.15) is 48.5 Å². The van der Waals surface area contributed by atoms with Crippen molar-refractivity contribution in [2.45, 2.75) is 26.3 Å². The van der Waals surface area contributed by atoms with E-state index in [0.29, 0.717) is 28.1 Å². The number of carbonyl (C=O) groups is 2. The molecule has 0 saturated carbocycles. The van der Waals surface area contributed by atoms with Gasteiger partial charge in [0.05, 0.1) is 46.0 Å². The maximum Gasteiger partial charge on any atom is 0.275 e. The number of aromatic nitrogens is 1. The number of anilines is 1. The number of benzene rings is 3. The fourth-order valence-electron chi connectivity index (χ4n) is 4.10. The van der Waals surface area contributed by atoms with Gasteiger partial charge in [0.25, 0.3) is 23.2 Å². The predicted molar refractivity (Wildman–Crippen MR) is 162 cm³/mol. The molecule has 0 atom stereocenters. The molecule has 4 rings (SSSR count). The van der Waals surface area contributed by atoms with Gasteiger partial charge in [-0.3, -0.25) is 35.2 Å². The Morgan fingerprint density at radius 2 is 1.27 bits per heavy atom. The normalized spacial score (nSPS) is 10.8. The van der Waals surface area contributed by atoms with Gasteiger partial charge in [0.1, 0.15) is 5.82 Å². The smallest absolute Gasteiger partial charge is 0.275 e. The van der Waals surface area contributed by atoms with Crippen molar-refractivity contribution >= 4 is 35.2 Å². The topological polar surface area (TPSA) is 222 Å². The second-order valence-corrected chi connectivity index (χ2v) is 9.55. The monoisotopic (exact) mass is 613 g/mol. The number of nitro groups is 2. The molecule has 0 unspecified atom stereocenters. The highest BCUT2D eigenvalue weighted by Gasteiger charge is 2.16. The molecule has 0 aliphatic heterocycles. The molecule has 0 fully saturated rings. The lowest BCUT2D eigenvalue weighted by Gasteiger charge is -2.07. The molecule has 15 heteroatoms. The Kier molecular flexibility index (Phi) is 10.6. The third-order valence-electron chi connectivity index (χ3n) is 6.53. The molecule has 0 aliphatic carbocycles. The zero-order valence-corrected chi connectivity index (χ0v) is 23.5. The van der Waals surface area contributed by atoms with Gasteiger partial charge in [0.15, 0.2) is 0 Å². The van der Waals surface area contributed by atoms with Crippen LogP contribution in [0.2, 0.25) is 0 Å². The number of hydrogen-bond acceptors (Lipinski definition) is 11. The summed E-state index contributed by atoms with van der Waals surface area (Å²) >= 11 is 0. The van der Waals surface area contributed by atoms with E-state index in [1.165, 1.54) is 42.7 Å². The van der Waals surface area contributed by atoms with Gasteiger partial charge in [0.2, 0.25) is 0 Å². The summed E-state index contributed by atoms with van der Waals surface area (Å²) in [6, 6.07) is 18.3. The molecule has 0 saturated heterocycles. The van der Waals surface area contributed by atoms with E-state index in [2.05, 4.69) is 26.1 Å². The van der Waals surface area contributed by atoms with Crippen molar-refractivity contribution in [2.24, 2.45) is 5.10 Å². The van der Waals surface area contributed by atoms with Crippen LogP contribution < -0.4 is 16.1 Å². The zero-order chi connectivity index (χ0) is 32.3. The van der Waals surface area contributed by atoms with Crippen molar-refractivity contribution in [3.05, 3.63) is 138 Å². The summed E-state index contributed by atoms with van der Waals surface area (Å²) in [4.78, 5) is 50.3. The molecule has 0 spiro atoms. The number of amides is 2. The molecule has 15 nitrogen and oxygen atoms in total. The number of hydrogen-bond donors (Lipinski definition) is 5. The lowest BCUT2D eigenvalue weighted by atomic mass is 10.1. The van der Waals surface area contributed by atoms with Crippen molar-refractivity contribution in [1.29, 1.82) is 0 Å². The first-order valence-corrected chi connectivity index (χ1v) is 13.3. The summed E-state index contributed by atoms with van der Waals surface area (Å²) in [7, 11) is 0. The third kappa shape index (κ3) is 8.50. The highest BCUT2D eigenvalue weighted by Crippen LogP contribution is 2.21. The van der Waals surface area contributed by atoms with Gasteiger partial charge in [0, 0.05) is 37.0 Å². The Labute approximate surface area is 255 Å². The fourth-order valence-corrected chi connectivity index (χ4v) is 4.10. The Morgan fingerprint density at radius 3 is 1.73 bits per heavy atom. The number of pyridine rings is 1. The second kappa shape index (κ2) is 14.9. The van der Waals surface area contributed by atoms with E-state index in [0.717, 1.165) is 0 Å². The van der Waals surface area contributed by atoms with E-state index in [4.69, 9.17) is 0 Å². The van der Waals surface area contributed by atoms with Crippen LogP contribution in [-0.4, -0.2) is 43.1 Å². The number of nitrogens with zero attached hydrogens (tertiary/aromatic N) is 4. The second-order valence-electron chi connectivity index (χ2n) is 9.55. The molecule has 4 aromatic rings. The summed E-state index contributed by atoms with van der Waals surface area (Å²) in [6.45, 7) is -0.818. The van der Waals surface area contributed by atoms with Gasteiger partial charge in [-0.15, -0.1) is 0 Å². The SMILES string of the molecule is O=C(NCc1ccc(CO)c([N+](=O)[O-])c1)c1ccc(C=NNc2ccc(C(=O)NCc3ccc(CO)c([N+](=O)[O-])c3)cn2)cc1. The molecule has 3 aromatic carbocycles. The van der Waals surface area contributed by atoms with Crippen LogP contribution in [0.3, 0.4) is 0 Å². The van der Waals surface area contributed by atoms with Gasteiger partial charge in [-0.25, -0.2) is 4.98 Å². The fraction of sp³-hybridized carbons (Fsp3) is 0.133. The molecule has 0 radical (unpaired) electrons. The molecule has 45 heavy (non-hydrogen) atoms. The van der Waals surface area contributed by atoms with Crippen molar-refractivity contribution in [3.8, 4) is 0 Å². The van der Waals surface area contributed by atoms with Crippen LogP contribution in [0.4, 0.5) is 17.2 Å². The lowest BCUT2D eigenvalue weighted by Crippen LogP contribution is -2.23. The minimum atomic E-state index is -0.591. The van der Waals surface area contributed by atoms with Crippen LogP contribution >= 0.6 is 0 Å². The van der Waals surface area contributed by atoms with Crippen LogP contribution in [-0.2, 0) is 26.3 Å². The summed E-state index contributed by atoms with van der Waals surface area (Å²) in [5, 5.41) is 50.3. The minimum Gasteiger partial charge on any atom is -0.391 e. The standard InChI is InChI=1S/C30H27N7O8/c38-17-24-7-3-20(11-26(24)36(42)43)13-32-29(40)22-5-1-19(2-6-22)15-34-35-28-10-9-23(16-31-28)30(41)33-14-21-4-8-25(18-39)27(12-21)37(44)45/h1-12,15-16,38-39H,13-14,17-18H2,(H,31,35)(H,32,40)(H,33,41). The maximum absolute atomic E-state index is 12.5. The summed E-state index contributed by atoms with van der Waals surface area (Å²) in [5.41, 5.74) is 5.00. The average Bonchev–Trinajstić information content (AvgIpc) is 3.06. The van der Waals surface area contributed by atoms with E-state index in [1.54, 1.807) is 42.5 Å². The highest BCUT2D eigenvalue weighted by atomic mass is 16.6. The van der Waals surface area contributed by atoms with Crippen LogP contribution in [0.5, 0.6) is 0 Å². The molecule has 5 N–H and O–H groups in total. The molecular formula is C30H27N7O8. The van der Waals surface area contributed by atoms with Crippen molar-refractivity contribution in [3.63, 3.8) is 0 Å². The zero-order valence-electron chi connectivity index (χ0n) is 23.5. The number of aliphatic hydroxyl groups excluding tert-OH is 2. The largest absolute Gasteiger partial charge is 0.391 e. The van der Waals surface area contributed by atoms with E-state index in [1.807, 2.05) is 0 Å². The molecule has 0 aliphatic rings.